The predicted molar refractivity (Wildman–Crippen MR) is 55.8 cm³/mol. The monoisotopic (exact) mass is 253 g/mol. The van der Waals surface area contributed by atoms with Crippen molar-refractivity contribution in [3.63, 3.8) is 0 Å². The molecule has 2 aromatic rings. The van der Waals surface area contributed by atoms with Gasteiger partial charge in [-0.05, 0) is 28.1 Å². The summed E-state index contributed by atoms with van der Waals surface area (Å²) in [6.45, 7) is 0.611. The van der Waals surface area contributed by atoms with Gasteiger partial charge in [0.1, 0.15) is 22.4 Å². The lowest BCUT2D eigenvalue weighted by molar-refractivity contribution is 0.412. The summed E-state index contributed by atoms with van der Waals surface area (Å²) in [5, 5.41) is 6.90. The Balaban J connectivity index is 1.98. The minimum absolute atomic E-state index is 0.611. The molecule has 0 atom stereocenters. The van der Waals surface area contributed by atoms with Crippen LogP contribution in [0, 0.1) is 0 Å². The average Bonchev–Trinajstić information content (AvgIpc) is 2.67. The van der Waals surface area contributed by atoms with E-state index in [1.54, 1.807) is 6.26 Å². The summed E-state index contributed by atoms with van der Waals surface area (Å²) in [6.07, 6.45) is 1.55. The number of halogens is 1. The van der Waals surface area contributed by atoms with Gasteiger partial charge < -0.3 is 9.84 Å². The van der Waals surface area contributed by atoms with Gasteiger partial charge in [0.05, 0.1) is 6.54 Å². The minimum Gasteiger partial charge on any atom is -0.364 e. The highest BCUT2D eigenvalue weighted by Crippen LogP contribution is 2.10. The Hall–Kier alpha value is -1.36. The summed E-state index contributed by atoms with van der Waals surface area (Å²) in [6, 6.07) is 7.50. The van der Waals surface area contributed by atoms with Crippen molar-refractivity contribution in [2.75, 3.05) is 5.32 Å². The van der Waals surface area contributed by atoms with Crippen LogP contribution in [0.4, 0.5) is 5.82 Å². The summed E-state index contributed by atoms with van der Waals surface area (Å²) in [7, 11) is 0. The van der Waals surface area contributed by atoms with Crippen LogP contribution in [0.2, 0.25) is 0 Å². The standard InChI is InChI=1S/C9H8BrN3O/c10-8-2-1-3-9(12-8)11-6-7-4-5-14-13-7/h1-5H,6H2,(H,11,12). The highest BCUT2D eigenvalue weighted by Gasteiger charge is 1.97. The maximum atomic E-state index is 4.71. The Labute approximate surface area is 89.5 Å². The maximum absolute atomic E-state index is 4.71. The Kier molecular flexibility index (Phi) is 2.78. The molecule has 0 saturated heterocycles. The fourth-order valence-electron chi connectivity index (χ4n) is 1.02. The Morgan fingerprint density at radius 2 is 2.29 bits per heavy atom. The van der Waals surface area contributed by atoms with Crippen LogP contribution in [0.1, 0.15) is 5.69 Å². The molecule has 0 radical (unpaired) electrons. The van der Waals surface area contributed by atoms with E-state index >= 15 is 0 Å². The van der Waals surface area contributed by atoms with Crippen molar-refractivity contribution in [2.24, 2.45) is 0 Å². The van der Waals surface area contributed by atoms with Crippen LogP contribution in [-0.4, -0.2) is 10.1 Å². The molecule has 1 N–H and O–H groups in total. The van der Waals surface area contributed by atoms with Gasteiger partial charge in [-0.2, -0.15) is 0 Å². The highest BCUT2D eigenvalue weighted by atomic mass is 79.9. The first-order valence-electron chi connectivity index (χ1n) is 4.10. The summed E-state index contributed by atoms with van der Waals surface area (Å²) in [4.78, 5) is 4.22. The van der Waals surface area contributed by atoms with Crippen LogP contribution in [0.5, 0.6) is 0 Å². The number of nitrogens with zero attached hydrogens (tertiary/aromatic N) is 2. The average molecular weight is 254 g/mol. The molecule has 0 unspecified atom stereocenters. The largest absolute Gasteiger partial charge is 0.364 e. The predicted octanol–water partition coefficient (Wildman–Crippen LogP) is 2.44. The van der Waals surface area contributed by atoms with E-state index in [-0.39, 0.29) is 0 Å². The fraction of sp³-hybridized carbons (Fsp3) is 0.111. The summed E-state index contributed by atoms with van der Waals surface area (Å²) in [5.41, 5.74) is 0.853. The molecule has 4 nitrogen and oxygen atoms in total. The van der Waals surface area contributed by atoms with Crippen molar-refractivity contribution >= 4 is 21.7 Å². The van der Waals surface area contributed by atoms with E-state index < -0.39 is 0 Å². The molecule has 72 valence electrons. The number of hydrogen-bond acceptors (Lipinski definition) is 4. The van der Waals surface area contributed by atoms with E-state index in [2.05, 4.69) is 31.4 Å². The summed E-state index contributed by atoms with van der Waals surface area (Å²) >= 11 is 3.30. The molecule has 0 aromatic carbocycles. The number of hydrogen-bond donors (Lipinski definition) is 1. The summed E-state index contributed by atoms with van der Waals surface area (Å²) in [5.74, 6) is 0.808. The van der Waals surface area contributed by atoms with Gasteiger partial charge in [-0.3, -0.25) is 0 Å². The second-order valence-corrected chi connectivity index (χ2v) is 3.50. The molecule has 2 rings (SSSR count). The van der Waals surface area contributed by atoms with Gasteiger partial charge in [-0.1, -0.05) is 11.2 Å². The van der Waals surface area contributed by atoms with Crippen LogP contribution in [0.15, 0.2) is 39.7 Å². The third-order valence-corrected chi connectivity index (χ3v) is 2.10. The molecule has 0 aliphatic carbocycles. The zero-order valence-electron chi connectivity index (χ0n) is 7.27. The van der Waals surface area contributed by atoms with Crippen LogP contribution in [-0.2, 0) is 6.54 Å². The topological polar surface area (TPSA) is 51.0 Å². The van der Waals surface area contributed by atoms with Crippen molar-refractivity contribution < 1.29 is 4.52 Å². The highest BCUT2D eigenvalue weighted by molar-refractivity contribution is 9.10. The second-order valence-electron chi connectivity index (χ2n) is 2.69. The van der Waals surface area contributed by atoms with Gasteiger partial charge in [-0.25, -0.2) is 4.98 Å². The third-order valence-electron chi connectivity index (χ3n) is 1.66. The molecular formula is C9H8BrN3O. The van der Waals surface area contributed by atoms with E-state index in [1.165, 1.54) is 0 Å². The molecule has 2 heterocycles. The molecule has 0 bridgehead atoms. The molecule has 0 aliphatic heterocycles. The van der Waals surface area contributed by atoms with Crippen molar-refractivity contribution in [3.8, 4) is 0 Å². The van der Waals surface area contributed by atoms with Crippen molar-refractivity contribution in [2.45, 2.75) is 6.54 Å². The smallest absolute Gasteiger partial charge is 0.127 e. The number of anilines is 1. The van der Waals surface area contributed by atoms with Crippen LogP contribution in [0.25, 0.3) is 0 Å². The molecule has 2 aromatic heterocycles. The third kappa shape index (κ3) is 2.32. The minimum atomic E-state index is 0.611. The van der Waals surface area contributed by atoms with Crippen LogP contribution < -0.4 is 5.32 Å². The first-order valence-corrected chi connectivity index (χ1v) is 4.89. The molecule has 0 spiro atoms. The van der Waals surface area contributed by atoms with E-state index in [0.29, 0.717) is 6.54 Å². The SMILES string of the molecule is Brc1cccc(NCc2ccon2)n1. The number of rotatable bonds is 3. The molecule has 14 heavy (non-hydrogen) atoms. The van der Waals surface area contributed by atoms with Gasteiger partial charge in [0.2, 0.25) is 0 Å². The zero-order valence-corrected chi connectivity index (χ0v) is 8.86. The molecule has 0 amide bonds. The molecule has 5 heteroatoms. The lowest BCUT2D eigenvalue weighted by Crippen LogP contribution is -2.01. The van der Waals surface area contributed by atoms with Gasteiger partial charge in [0.15, 0.2) is 0 Å². The summed E-state index contributed by atoms with van der Waals surface area (Å²) < 4.78 is 5.51. The van der Waals surface area contributed by atoms with Crippen molar-refractivity contribution in [3.05, 3.63) is 40.8 Å². The maximum Gasteiger partial charge on any atom is 0.127 e. The van der Waals surface area contributed by atoms with Gasteiger partial charge >= 0.3 is 0 Å². The second kappa shape index (κ2) is 4.23. The number of aromatic nitrogens is 2. The number of nitrogens with one attached hydrogen (secondary N) is 1. The van der Waals surface area contributed by atoms with Crippen LogP contribution in [0.3, 0.4) is 0 Å². The zero-order chi connectivity index (χ0) is 9.80. The van der Waals surface area contributed by atoms with Gasteiger partial charge in [0.25, 0.3) is 0 Å². The van der Waals surface area contributed by atoms with Crippen LogP contribution >= 0.6 is 15.9 Å². The first kappa shape index (κ1) is 9.21. The lowest BCUT2D eigenvalue weighted by atomic mass is 10.4. The Morgan fingerprint density at radius 3 is 3.00 bits per heavy atom. The molecule has 0 aliphatic rings. The van der Waals surface area contributed by atoms with E-state index in [9.17, 15) is 0 Å². The van der Waals surface area contributed by atoms with Gasteiger partial charge in [-0.15, -0.1) is 0 Å². The van der Waals surface area contributed by atoms with E-state index in [1.807, 2.05) is 24.3 Å². The quantitative estimate of drug-likeness (QED) is 0.854. The molecule has 0 saturated carbocycles. The van der Waals surface area contributed by atoms with Crippen molar-refractivity contribution in [1.29, 1.82) is 0 Å². The Bertz CT molecular complexity index is 402. The lowest BCUT2D eigenvalue weighted by Gasteiger charge is -2.02. The molecule has 0 fully saturated rings. The van der Waals surface area contributed by atoms with E-state index in [0.717, 1.165) is 16.1 Å². The van der Waals surface area contributed by atoms with E-state index in [4.69, 9.17) is 4.52 Å². The Morgan fingerprint density at radius 1 is 1.36 bits per heavy atom. The van der Waals surface area contributed by atoms with Crippen molar-refractivity contribution in [1.82, 2.24) is 10.1 Å². The normalized spacial score (nSPS) is 10.1. The fourth-order valence-corrected chi connectivity index (χ4v) is 1.36. The number of pyridine rings is 1. The first-order chi connectivity index (χ1) is 6.84. The van der Waals surface area contributed by atoms with Gasteiger partial charge in [0, 0.05) is 6.07 Å². The molecular weight excluding hydrogens is 246 g/mol.